The summed E-state index contributed by atoms with van der Waals surface area (Å²) in [5, 5.41) is 11.8. The third-order valence-corrected chi connectivity index (χ3v) is 2.67. The van der Waals surface area contributed by atoms with Crippen LogP contribution in [0.25, 0.3) is 0 Å². The Hall–Kier alpha value is -0.570. The van der Waals surface area contributed by atoms with Gasteiger partial charge >= 0.3 is 0 Å². The van der Waals surface area contributed by atoms with E-state index in [2.05, 4.69) is 12.2 Å². The molecule has 0 unspecified atom stereocenters. The van der Waals surface area contributed by atoms with E-state index in [1.807, 2.05) is 0 Å². The van der Waals surface area contributed by atoms with Crippen molar-refractivity contribution in [2.45, 2.75) is 32.2 Å². The number of aliphatic hydroxyl groups is 1. The average molecular weight is 157 g/mol. The molecule has 3 heteroatoms. The van der Waals surface area contributed by atoms with Gasteiger partial charge in [0.25, 0.3) is 0 Å². The molecule has 0 aromatic heterocycles. The van der Waals surface area contributed by atoms with Crippen molar-refractivity contribution < 1.29 is 9.90 Å². The fourth-order valence-corrected chi connectivity index (χ4v) is 1.59. The van der Waals surface area contributed by atoms with Crippen LogP contribution in [0.4, 0.5) is 0 Å². The summed E-state index contributed by atoms with van der Waals surface area (Å²) in [6.45, 7) is 3.60. The van der Waals surface area contributed by atoms with Crippen molar-refractivity contribution >= 4 is 5.91 Å². The fourth-order valence-electron chi connectivity index (χ4n) is 1.59. The summed E-state index contributed by atoms with van der Waals surface area (Å²) in [5.74, 6) is 0.363. The average Bonchev–Trinajstić information content (AvgIpc) is 1.96. The largest absolute Gasteiger partial charge is 0.394 e. The minimum atomic E-state index is -0.300. The lowest BCUT2D eigenvalue weighted by Gasteiger charge is -2.47. The molecular weight excluding hydrogens is 142 g/mol. The molecule has 1 aliphatic carbocycles. The summed E-state index contributed by atoms with van der Waals surface area (Å²) >= 11 is 0. The third kappa shape index (κ3) is 1.38. The normalized spacial score (nSPS) is 36.1. The van der Waals surface area contributed by atoms with Gasteiger partial charge in [0.15, 0.2) is 0 Å². The number of nitrogens with one attached hydrogen (secondary N) is 1. The molecule has 0 spiro atoms. The van der Waals surface area contributed by atoms with E-state index >= 15 is 0 Å². The maximum absolute atomic E-state index is 10.7. The van der Waals surface area contributed by atoms with Crippen LogP contribution in [0.3, 0.4) is 0 Å². The number of hydrogen-bond acceptors (Lipinski definition) is 2. The second-order valence-corrected chi connectivity index (χ2v) is 3.44. The van der Waals surface area contributed by atoms with Crippen molar-refractivity contribution in [3.05, 3.63) is 0 Å². The van der Waals surface area contributed by atoms with Crippen LogP contribution in [0.5, 0.6) is 0 Å². The minimum absolute atomic E-state index is 0.0504. The molecule has 2 atom stereocenters. The van der Waals surface area contributed by atoms with E-state index in [-0.39, 0.29) is 18.1 Å². The zero-order valence-corrected chi connectivity index (χ0v) is 7.05. The molecule has 1 aliphatic rings. The molecule has 64 valence electrons. The quantitative estimate of drug-likeness (QED) is 0.605. The monoisotopic (exact) mass is 157 g/mol. The molecule has 0 aromatic carbocycles. The highest BCUT2D eigenvalue weighted by atomic mass is 16.3. The molecule has 1 rings (SSSR count). The van der Waals surface area contributed by atoms with E-state index in [0.717, 1.165) is 12.8 Å². The van der Waals surface area contributed by atoms with Crippen LogP contribution in [-0.4, -0.2) is 23.2 Å². The van der Waals surface area contributed by atoms with Gasteiger partial charge < -0.3 is 10.4 Å². The standard InChI is InChI=1S/C8H15NO2/c1-6-3-4-8(6,5-10)9-7(2)11/h6,10H,3-5H2,1-2H3,(H,9,11)/t6-,8-/m1/s1. The Morgan fingerprint density at radius 3 is 2.55 bits per heavy atom. The molecule has 1 saturated carbocycles. The second-order valence-electron chi connectivity index (χ2n) is 3.44. The Balaban J connectivity index is 2.54. The first-order chi connectivity index (χ1) is 5.10. The van der Waals surface area contributed by atoms with Gasteiger partial charge in [-0.1, -0.05) is 6.92 Å². The molecule has 1 amide bonds. The first-order valence-corrected chi connectivity index (χ1v) is 4.00. The zero-order chi connectivity index (χ0) is 8.48. The first kappa shape index (κ1) is 8.53. The summed E-state index contributed by atoms with van der Waals surface area (Å²) in [6, 6.07) is 0. The Kier molecular flexibility index (Phi) is 2.18. The molecule has 2 N–H and O–H groups in total. The predicted octanol–water partition coefficient (Wildman–Crippen LogP) is 0.283. The molecule has 0 bridgehead atoms. The van der Waals surface area contributed by atoms with Crippen molar-refractivity contribution in [3.8, 4) is 0 Å². The van der Waals surface area contributed by atoms with Gasteiger partial charge in [-0.05, 0) is 18.8 Å². The van der Waals surface area contributed by atoms with Gasteiger partial charge in [-0.15, -0.1) is 0 Å². The topological polar surface area (TPSA) is 49.3 Å². The van der Waals surface area contributed by atoms with Crippen LogP contribution in [0, 0.1) is 5.92 Å². The highest BCUT2D eigenvalue weighted by Gasteiger charge is 2.43. The number of aliphatic hydroxyl groups excluding tert-OH is 1. The van der Waals surface area contributed by atoms with E-state index in [1.165, 1.54) is 6.92 Å². The summed E-state index contributed by atoms with van der Waals surface area (Å²) < 4.78 is 0. The number of rotatable bonds is 2. The van der Waals surface area contributed by atoms with Crippen LogP contribution >= 0.6 is 0 Å². The van der Waals surface area contributed by atoms with Gasteiger partial charge in [-0.3, -0.25) is 4.79 Å². The van der Waals surface area contributed by atoms with Crippen LogP contribution in [0.2, 0.25) is 0 Å². The summed E-state index contributed by atoms with van der Waals surface area (Å²) in [6.07, 6.45) is 2.01. The molecular formula is C8H15NO2. The van der Waals surface area contributed by atoms with Gasteiger partial charge in [-0.25, -0.2) is 0 Å². The van der Waals surface area contributed by atoms with Gasteiger partial charge in [0.05, 0.1) is 12.1 Å². The van der Waals surface area contributed by atoms with Crippen molar-refractivity contribution in [1.82, 2.24) is 5.32 Å². The molecule has 1 fully saturated rings. The zero-order valence-electron chi connectivity index (χ0n) is 7.05. The summed E-state index contributed by atoms with van der Waals surface area (Å²) in [7, 11) is 0. The van der Waals surface area contributed by atoms with Crippen molar-refractivity contribution in [1.29, 1.82) is 0 Å². The molecule has 0 aromatic rings. The summed E-state index contributed by atoms with van der Waals surface area (Å²) in [5.41, 5.74) is -0.300. The van der Waals surface area contributed by atoms with Gasteiger partial charge in [0.1, 0.15) is 0 Å². The van der Waals surface area contributed by atoms with E-state index in [1.54, 1.807) is 0 Å². The SMILES string of the molecule is CC(=O)N[C@@]1(CO)CC[C@H]1C. The lowest BCUT2D eigenvalue weighted by Crippen LogP contribution is -2.61. The van der Waals surface area contributed by atoms with Crippen LogP contribution in [-0.2, 0) is 4.79 Å². The van der Waals surface area contributed by atoms with E-state index in [0.29, 0.717) is 5.92 Å². The summed E-state index contributed by atoms with van der Waals surface area (Å²) in [4.78, 5) is 10.7. The lowest BCUT2D eigenvalue weighted by molar-refractivity contribution is -0.124. The maximum atomic E-state index is 10.7. The van der Waals surface area contributed by atoms with Crippen molar-refractivity contribution in [2.75, 3.05) is 6.61 Å². The smallest absolute Gasteiger partial charge is 0.217 e. The molecule has 0 aliphatic heterocycles. The van der Waals surface area contributed by atoms with E-state index in [4.69, 9.17) is 5.11 Å². The van der Waals surface area contributed by atoms with Crippen molar-refractivity contribution in [3.63, 3.8) is 0 Å². The Morgan fingerprint density at radius 2 is 2.45 bits per heavy atom. The minimum Gasteiger partial charge on any atom is -0.394 e. The number of carbonyl (C=O) groups is 1. The van der Waals surface area contributed by atoms with Gasteiger partial charge in [0, 0.05) is 6.92 Å². The maximum Gasteiger partial charge on any atom is 0.217 e. The molecule has 0 heterocycles. The van der Waals surface area contributed by atoms with Gasteiger partial charge in [0.2, 0.25) is 5.91 Å². The van der Waals surface area contributed by atoms with Crippen LogP contribution in [0.15, 0.2) is 0 Å². The fraction of sp³-hybridized carbons (Fsp3) is 0.875. The van der Waals surface area contributed by atoms with Crippen LogP contribution < -0.4 is 5.32 Å². The number of carbonyl (C=O) groups excluding carboxylic acids is 1. The molecule has 11 heavy (non-hydrogen) atoms. The highest BCUT2D eigenvalue weighted by Crippen LogP contribution is 2.37. The van der Waals surface area contributed by atoms with E-state index < -0.39 is 0 Å². The Labute approximate surface area is 66.8 Å². The van der Waals surface area contributed by atoms with E-state index in [9.17, 15) is 4.79 Å². The highest BCUT2D eigenvalue weighted by molar-refractivity contribution is 5.74. The second kappa shape index (κ2) is 2.81. The third-order valence-electron chi connectivity index (χ3n) is 2.67. The molecule has 3 nitrogen and oxygen atoms in total. The molecule has 0 saturated heterocycles. The lowest BCUT2D eigenvalue weighted by atomic mass is 9.68. The Bertz CT molecular complexity index is 165. The Morgan fingerprint density at radius 1 is 1.82 bits per heavy atom. The molecule has 0 radical (unpaired) electrons. The van der Waals surface area contributed by atoms with Crippen LogP contribution in [0.1, 0.15) is 26.7 Å². The number of hydrogen-bond donors (Lipinski definition) is 2. The van der Waals surface area contributed by atoms with Crippen molar-refractivity contribution in [2.24, 2.45) is 5.92 Å². The first-order valence-electron chi connectivity index (χ1n) is 4.00. The number of amides is 1. The van der Waals surface area contributed by atoms with Gasteiger partial charge in [-0.2, -0.15) is 0 Å². The predicted molar refractivity (Wildman–Crippen MR) is 42.0 cm³/mol.